The second-order valence-corrected chi connectivity index (χ2v) is 10.4. The van der Waals surface area contributed by atoms with Gasteiger partial charge in [-0.05, 0) is 19.6 Å². The highest BCUT2D eigenvalue weighted by Crippen LogP contribution is 2.60. The van der Waals surface area contributed by atoms with E-state index in [2.05, 4.69) is 5.32 Å². The molecule has 5 nitrogen and oxygen atoms in total. The first kappa shape index (κ1) is 33.8. The third kappa shape index (κ3) is 7.65. The molecule has 0 spiro atoms. The van der Waals surface area contributed by atoms with Crippen molar-refractivity contribution in [2.45, 2.75) is 68.0 Å². The van der Waals surface area contributed by atoms with Gasteiger partial charge in [0.25, 0.3) is 0 Å². The first-order valence-electron chi connectivity index (χ1n) is 8.84. The number of halogens is 13. The monoisotopic (exact) mass is 586 g/mol. The van der Waals surface area contributed by atoms with Gasteiger partial charge in [0, 0.05) is 24.1 Å². The van der Waals surface area contributed by atoms with Crippen LogP contribution in [0.5, 0.6) is 0 Å². The lowest BCUT2D eigenvalue weighted by atomic mass is 9.93. The maximum atomic E-state index is 13.6. The van der Waals surface area contributed by atoms with Crippen LogP contribution >= 0.6 is 11.8 Å². The molecule has 0 saturated carbocycles. The fourth-order valence-electron chi connectivity index (χ4n) is 2.34. The van der Waals surface area contributed by atoms with E-state index >= 15 is 0 Å². The van der Waals surface area contributed by atoms with Crippen LogP contribution in [-0.4, -0.2) is 77.5 Å². The summed E-state index contributed by atoms with van der Waals surface area (Å²) in [6, 6.07) is 0. The average molecular weight is 586 g/mol. The molecule has 0 saturated heterocycles. The lowest BCUT2D eigenvalue weighted by Gasteiger charge is -2.39. The van der Waals surface area contributed by atoms with Gasteiger partial charge in [-0.3, -0.25) is 4.79 Å². The van der Waals surface area contributed by atoms with E-state index in [1.165, 1.54) is 0 Å². The van der Waals surface area contributed by atoms with Crippen molar-refractivity contribution in [3.05, 3.63) is 0 Å². The Kier molecular flexibility index (Phi) is 9.95. The molecule has 0 aliphatic rings. The smallest absolute Gasteiger partial charge is 0.460 e. The second kappa shape index (κ2) is 10.3. The predicted octanol–water partition coefficient (Wildman–Crippen LogP) is 4.68. The summed E-state index contributed by atoms with van der Waals surface area (Å²) in [7, 11) is -4.78. The molecule has 35 heavy (non-hydrogen) atoms. The van der Waals surface area contributed by atoms with Gasteiger partial charge in [0.2, 0.25) is 5.91 Å². The van der Waals surface area contributed by atoms with E-state index in [9.17, 15) is 74.8 Å². The SMILES string of the molecule is CC(C)(CS(=O)(=O)[O-])NC(=O)CCSCCC(F)(F)C(F)(F)C(F)(F)C(F)(F)C(F)(F)C(F)(F)F. The molecule has 0 atom stereocenters. The van der Waals surface area contributed by atoms with Crippen molar-refractivity contribution >= 4 is 27.8 Å². The largest absolute Gasteiger partial charge is 0.748 e. The van der Waals surface area contributed by atoms with E-state index in [0.717, 1.165) is 13.8 Å². The van der Waals surface area contributed by atoms with Gasteiger partial charge in [0.05, 0.1) is 15.9 Å². The number of rotatable bonds is 13. The highest BCUT2D eigenvalue weighted by Gasteiger charge is 2.90. The van der Waals surface area contributed by atoms with Crippen LogP contribution in [0.15, 0.2) is 0 Å². The molecule has 0 aliphatic heterocycles. The van der Waals surface area contributed by atoms with Crippen LogP contribution in [0.2, 0.25) is 0 Å². The number of carbonyl (C=O) groups excluding carboxylic acids is 1. The van der Waals surface area contributed by atoms with Crippen LogP contribution in [0.4, 0.5) is 57.1 Å². The highest BCUT2D eigenvalue weighted by atomic mass is 32.2. The van der Waals surface area contributed by atoms with Crippen molar-refractivity contribution in [1.29, 1.82) is 0 Å². The molecule has 0 unspecified atom stereocenters. The average Bonchev–Trinajstić information content (AvgIpc) is 2.56. The maximum absolute atomic E-state index is 13.6. The predicted molar refractivity (Wildman–Crippen MR) is 94.1 cm³/mol. The normalized spacial score (nSPS) is 15.3. The molecule has 0 heterocycles. The Hall–Kier alpha value is -1.18. The Morgan fingerprint density at radius 2 is 1.20 bits per heavy atom. The Bertz CT molecular complexity index is 857. The minimum absolute atomic E-state index is 0.177. The van der Waals surface area contributed by atoms with Crippen molar-refractivity contribution in [2.24, 2.45) is 0 Å². The van der Waals surface area contributed by atoms with Crippen LogP contribution in [0.3, 0.4) is 0 Å². The second-order valence-electron chi connectivity index (χ2n) is 7.75. The Labute approximate surface area is 193 Å². The molecule has 1 N–H and O–H groups in total. The maximum Gasteiger partial charge on any atom is 0.460 e. The van der Waals surface area contributed by atoms with Gasteiger partial charge in [-0.15, -0.1) is 0 Å². The minimum atomic E-state index is -7.96. The summed E-state index contributed by atoms with van der Waals surface area (Å²) in [5.41, 5.74) is -1.58. The van der Waals surface area contributed by atoms with Crippen LogP contribution in [0.25, 0.3) is 0 Å². The number of amides is 1. The van der Waals surface area contributed by atoms with Crippen molar-refractivity contribution in [3.8, 4) is 0 Å². The van der Waals surface area contributed by atoms with E-state index in [1.54, 1.807) is 0 Å². The molecule has 210 valence electrons. The fourth-order valence-corrected chi connectivity index (χ4v) is 4.23. The number of carbonyl (C=O) groups is 1. The van der Waals surface area contributed by atoms with Gasteiger partial charge < -0.3 is 9.87 Å². The van der Waals surface area contributed by atoms with E-state index in [1.807, 2.05) is 0 Å². The molecule has 0 rings (SSSR count). The number of hydrogen-bond acceptors (Lipinski definition) is 5. The van der Waals surface area contributed by atoms with Gasteiger partial charge >= 0.3 is 35.8 Å². The van der Waals surface area contributed by atoms with E-state index in [-0.39, 0.29) is 11.8 Å². The molecule has 0 aromatic rings. The summed E-state index contributed by atoms with van der Waals surface area (Å²) < 4.78 is 201. The number of hydrogen-bond donors (Lipinski definition) is 1. The van der Waals surface area contributed by atoms with E-state index < -0.39 is 87.5 Å². The number of alkyl halides is 13. The summed E-state index contributed by atoms with van der Waals surface area (Å²) in [5, 5.41) is 2.06. The molecular weight excluding hydrogens is 569 g/mol. The van der Waals surface area contributed by atoms with Crippen molar-refractivity contribution < 1.29 is 74.8 Å². The first-order valence-corrected chi connectivity index (χ1v) is 11.6. The minimum Gasteiger partial charge on any atom is -0.748 e. The summed E-state index contributed by atoms with van der Waals surface area (Å²) in [6.07, 6.45) is -10.5. The van der Waals surface area contributed by atoms with Crippen LogP contribution < -0.4 is 5.32 Å². The van der Waals surface area contributed by atoms with Crippen LogP contribution in [-0.2, 0) is 14.9 Å². The third-order valence-electron chi connectivity index (χ3n) is 4.05. The Morgan fingerprint density at radius 3 is 1.60 bits per heavy atom. The van der Waals surface area contributed by atoms with Crippen molar-refractivity contribution in [1.82, 2.24) is 5.32 Å². The fraction of sp³-hybridized carbons (Fsp3) is 0.933. The standard InChI is InChI=1S/C15H18F13NO4S2/c1-9(2,7-35(31,32)33)29-8(30)3-5-34-6-4-10(16,17)11(18,19)12(20,21)13(22,23)14(24,25)15(26,27)28/h3-7H2,1-2H3,(H,29,30)(H,31,32,33)/p-1. The topological polar surface area (TPSA) is 86.3 Å². The van der Waals surface area contributed by atoms with Gasteiger partial charge in [-0.1, -0.05) is 0 Å². The molecule has 1 amide bonds. The molecule has 0 fully saturated rings. The lowest BCUT2D eigenvalue weighted by molar-refractivity contribution is -0.439. The number of thioether (sulfide) groups is 1. The summed E-state index contributed by atoms with van der Waals surface area (Å²) in [6.45, 7) is 2.24. The third-order valence-corrected chi connectivity index (χ3v) is 6.11. The zero-order valence-corrected chi connectivity index (χ0v) is 19.0. The molecule has 0 radical (unpaired) electrons. The summed E-state index contributed by atoms with van der Waals surface area (Å²) in [5.74, 6) is -41.0. The highest BCUT2D eigenvalue weighted by molar-refractivity contribution is 7.99. The van der Waals surface area contributed by atoms with Crippen molar-refractivity contribution in [3.63, 3.8) is 0 Å². The zero-order chi connectivity index (χ0) is 28.5. The molecule has 0 aromatic carbocycles. The lowest BCUT2D eigenvalue weighted by Crippen LogP contribution is -2.70. The molecule has 20 heteroatoms. The van der Waals surface area contributed by atoms with Gasteiger partial charge in [-0.2, -0.15) is 68.8 Å². The van der Waals surface area contributed by atoms with E-state index in [0.29, 0.717) is 0 Å². The Morgan fingerprint density at radius 1 is 0.771 bits per heavy atom. The van der Waals surface area contributed by atoms with Crippen LogP contribution in [0.1, 0.15) is 26.7 Å². The molecule has 0 aliphatic carbocycles. The first-order chi connectivity index (χ1) is 15.1. The van der Waals surface area contributed by atoms with Gasteiger partial charge in [0.15, 0.2) is 0 Å². The quantitative estimate of drug-likeness (QED) is 0.193. The number of nitrogens with one attached hydrogen (secondary N) is 1. The van der Waals surface area contributed by atoms with Crippen molar-refractivity contribution in [2.75, 3.05) is 17.3 Å². The van der Waals surface area contributed by atoms with Gasteiger partial charge in [-0.25, -0.2) is 8.42 Å². The van der Waals surface area contributed by atoms with Crippen LogP contribution in [0, 0.1) is 0 Å². The molecule has 0 bridgehead atoms. The van der Waals surface area contributed by atoms with Gasteiger partial charge in [0.1, 0.15) is 0 Å². The summed E-state index contributed by atoms with van der Waals surface area (Å²) in [4.78, 5) is 11.6. The van der Waals surface area contributed by atoms with E-state index in [4.69, 9.17) is 0 Å². The molecular formula is C15H17F13NO4S2-. The molecule has 0 aromatic heterocycles. The summed E-state index contributed by atoms with van der Waals surface area (Å²) >= 11 is 0.177. The zero-order valence-electron chi connectivity index (χ0n) is 17.4. The Balaban J connectivity index is 5.19.